The Bertz CT molecular complexity index is 684. The molecule has 1 fully saturated rings. The number of nitrogens with one attached hydrogen (secondary N) is 2. The Morgan fingerprint density at radius 2 is 1.72 bits per heavy atom. The molecule has 1 aliphatic rings. The highest BCUT2D eigenvalue weighted by Crippen LogP contribution is 2.30. The number of benzene rings is 1. The molecule has 5 heteroatoms. The lowest BCUT2D eigenvalue weighted by Crippen LogP contribution is -2.20. The van der Waals surface area contributed by atoms with E-state index in [4.69, 9.17) is 0 Å². The Hall–Kier alpha value is -2.17. The van der Waals surface area contributed by atoms with Crippen molar-refractivity contribution in [1.29, 1.82) is 0 Å². The topological polar surface area (TPSA) is 62.7 Å². The van der Waals surface area contributed by atoms with Crippen molar-refractivity contribution in [1.82, 2.24) is 15.2 Å². The van der Waals surface area contributed by atoms with Gasteiger partial charge in [-0.15, -0.1) is 5.10 Å². The highest BCUT2D eigenvalue weighted by Gasteiger charge is 2.18. The van der Waals surface area contributed by atoms with Gasteiger partial charge in [-0.1, -0.05) is 64.7 Å². The third-order valence-electron chi connectivity index (χ3n) is 4.75. The fourth-order valence-corrected chi connectivity index (χ4v) is 3.42. The second-order valence-corrected chi connectivity index (χ2v) is 7.92. The van der Waals surface area contributed by atoms with Crippen LogP contribution in [0.15, 0.2) is 30.5 Å². The first-order valence-electron chi connectivity index (χ1n) is 9.35. The average molecular weight is 339 g/mol. The molecule has 1 aromatic carbocycles. The predicted molar refractivity (Wildman–Crippen MR) is 103 cm³/mol. The lowest BCUT2D eigenvalue weighted by Gasteiger charge is -2.23. The number of anilines is 3. The summed E-state index contributed by atoms with van der Waals surface area (Å²) in [6, 6.07) is 8.81. The van der Waals surface area contributed by atoms with Crippen LogP contribution < -0.4 is 10.6 Å². The van der Waals surface area contributed by atoms with Gasteiger partial charge in [-0.25, -0.2) is 0 Å². The first-order chi connectivity index (χ1) is 12.0. The van der Waals surface area contributed by atoms with Crippen LogP contribution in [0.2, 0.25) is 0 Å². The fraction of sp³-hybridized carbons (Fsp3) is 0.550. The second-order valence-electron chi connectivity index (χ2n) is 7.92. The minimum atomic E-state index is 0.0610. The number of hydrogen-bond acceptors (Lipinski definition) is 5. The zero-order valence-electron chi connectivity index (χ0n) is 15.5. The largest absolute Gasteiger partial charge is 0.350 e. The summed E-state index contributed by atoms with van der Waals surface area (Å²) in [5.74, 6) is 1.34. The molecule has 1 aromatic heterocycles. The maximum Gasteiger partial charge on any atom is 0.244 e. The van der Waals surface area contributed by atoms with E-state index in [2.05, 4.69) is 64.8 Å². The summed E-state index contributed by atoms with van der Waals surface area (Å²) in [5, 5.41) is 15.2. The predicted octanol–water partition coefficient (Wildman–Crippen LogP) is 5.05. The molecule has 2 N–H and O–H groups in total. The van der Waals surface area contributed by atoms with Gasteiger partial charge >= 0.3 is 0 Å². The van der Waals surface area contributed by atoms with Crippen LogP contribution in [0, 0.1) is 0 Å². The Labute approximate surface area is 150 Å². The maximum absolute atomic E-state index is 4.62. The van der Waals surface area contributed by atoms with Gasteiger partial charge in [-0.05, 0) is 29.9 Å². The van der Waals surface area contributed by atoms with Crippen molar-refractivity contribution in [2.75, 3.05) is 10.6 Å². The average Bonchev–Trinajstić information content (AvgIpc) is 2.83. The summed E-state index contributed by atoms with van der Waals surface area (Å²) in [7, 11) is 0. The highest BCUT2D eigenvalue weighted by molar-refractivity contribution is 5.62. The summed E-state index contributed by atoms with van der Waals surface area (Å²) in [5.41, 5.74) is 2.38. The minimum Gasteiger partial charge on any atom is -0.350 e. The zero-order chi connectivity index (χ0) is 17.7. The molecule has 0 atom stereocenters. The summed E-state index contributed by atoms with van der Waals surface area (Å²) in [4.78, 5) is 4.62. The molecule has 0 saturated heterocycles. The summed E-state index contributed by atoms with van der Waals surface area (Å²) in [6.45, 7) is 6.64. The molecule has 0 aliphatic heterocycles. The van der Waals surface area contributed by atoms with Crippen molar-refractivity contribution in [3.05, 3.63) is 36.0 Å². The number of aromatic nitrogens is 3. The number of hydrogen-bond donors (Lipinski definition) is 2. The quantitative estimate of drug-likeness (QED) is 0.763. The van der Waals surface area contributed by atoms with Crippen LogP contribution in [-0.4, -0.2) is 21.2 Å². The van der Waals surface area contributed by atoms with E-state index >= 15 is 0 Å². The Morgan fingerprint density at radius 3 is 2.44 bits per heavy atom. The number of nitrogens with zero attached hydrogens (tertiary/aromatic N) is 3. The molecule has 0 unspecified atom stereocenters. The van der Waals surface area contributed by atoms with Crippen LogP contribution in [0.4, 0.5) is 17.5 Å². The first-order valence-corrected chi connectivity index (χ1v) is 9.35. The summed E-state index contributed by atoms with van der Waals surface area (Å²) >= 11 is 0. The first kappa shape index (κ1) is 17.6. The van der Waals surface area contributed by atoms with Crippen molar-refractivity contribution in [2.45, 2.75) is 70.8 Å². The van der Waals surface area contributed by atoms with Gasteiger partial charge in [-0.2, -0.15) is 10.1 Å². The van der Waals surface area contributed by atoms with Crippen LogP contribution in [0.1, 0.15) is 64.9 Å². The van der Waals surface area contributed by atoms with Crippen LogP contribution in [-0.2, 0) is 5.41 Å². The highest BCUT2D eigenvalue weighted by atomic mass is 15.3. The summed E-state index contributed by atoms with van der Waals surface area (Å²) in [6.07, 6.45) is 9.29. The molecule has 1 saturated carbocycles. The molecular weight excluding hydrogens is 310 g/mol. The molecule has 0 amide bonds. The second kappa shape index (κ2) is 7.81. The molecule has 0 spiro atoms. The third-order valence-corrected chi connectivity index (χ3v) is 4.75. The van der Waals surface area contributed by atoms with Gasteiger partial charge in [0.2, 0.25) is 5.95 Å². The van der Waals surface area contributed by atoms with Gasteiger partial charge in [0.05, 0.1) is 6.20 Å². The fourth-order valence-electron chi connectivity index (χ4n) is 3.42. The van der Waals surface area contributed by atoms with E-state index in [1.807, 2.05) is 6.07 Å². The van der Waals surface area contributed by atoms with Crippen LogP contribution in [0.5, 0.6) is 0 Å². The van der Waals surface area contributed by atoms with Crippen molar-refractivity contribution in [3.8, 4) is 0 Å². The normalized spacial score (nSPS) is 16.3. The van der Waals surface area contributed by atoms with Gasteiger partial charge in [0.25, 0.3) is 0 Å². The molecule has 3 rings (SSSR count). The minimum absolute atomic E-state index is 0.0610. The molecule has 1 heterocycles. The Balaban J connectivity index is 1.74. The smallest absolute Gasteiger partial charge is 0.244 e. The monoisotopic (exact) mass is 339 g/mol. The maximum atomic E-state index is 4.62. The van der Waals surface area contributed by atoms with Gasteiger partial charge < -0.3 is 10.6 Å². The molecule has 2 aromatic rings. The van der Waals surface area contributed by atoms with E-state index in [-0.39, 0.29) is 5.41 Å². The molecule has 0 radical (unpaired) electrons. The lowest BCUT2D eigenvalue weighted by molar-refractivity contribution is 0.592. The zero-order valence-corrected chi connectivity index (χ0v) is 15.5. The van der Waals surface area contributed by atoms with Gasteiger partial charge in [0.15, 0.2) is 5.82 Å². The van der Waals surface area contributed by atoms with Gasteiger partial charge in [0, 0.05) is 11.7 Å². The Morgan fingerprint density at radius 1 is 1.00 bits per heavy atom. The van der Waals surface area contributed by atoms with E-state index in [0.29, 0.717) is 12.0 Å². The van der Waals surface area contributed by atoms with Gasteiger partial charge in [0.1, 0.15) is 0 Å². The molecule has 1 aliphatic carbocycles. The van der Waals surface area contributed by atoms with E-state index < -0.39 is 0 Å². The Kier molecular flexibility index (Phi) is 5.51. The van der Waals surface area contributed by atoms with Crippen LogP contribution >= 0.6 is 0 Å². The van der Waals surface area contributed by atoms with Crippen molar-refractivity contribution in [2.24, 2.45) is 0 Å². The summed E-state index contributed by atoms with van der Waals surface area (Å²) < 4.78 is 0. The standard InChI is InChI=1S/C20H29N5/c1-20(2,3)16-12-8-9-13-17(16)23-18-14-21-25-19(24-18)22-15-10-6-4-5-7-11-15/h8-9,12-15H,4-7,10-11H2,1-3H3,(H2,22,23,24,25). The molecule has 5 nitrogen and oxygen atoms in total. The van der Waals surface area contributed by atoms with Crippen LogP contribution in [0.25, 0.3) is 0 Å². The van der Waals surface area contributed by atoms with Crippen molar-refractivity contribution in [3.63, 3.8) is 0 Å². The lowest BCUT2D eigenvalue weighted by atomic mass is 9.86. The van der Waals surface area contributed by atoms with E-state index in [0.717, 1.165) is 11.5 Å². The molecule has 0 bridgehead atoms. The molecular formula is C20H29N5. The van der Waals surface area contributed by atoms with Crippen molar-refractivity contribution < 1.29 is 0 Å². The van der Waals surface area contributed by atoms with Crippen LogP contribution in [0.3, 0.4) is 0 Å². The van der Waals surface area contributed by atoms with Crippen molar-refractivity contribution >= 4 is 17.5 Å². The molecule has 25 heavy (non-hydrogen) atoms. The SMILES string of the molecule is CC(C)(C)c1ccccc1Nc1cnnc(NC2CCCCCC2)n1. The number of para-hydroxylation sites is 1. The van der Waals surface area contributed by atoms with E-state index in [9.17, 15) is 0 Å². The third kappa shape index (κ3) is 4.91. The van der Waals surface area contributed by atoms with E-state index in [1.165, 1.54) is 44.1 Å². The van der Waals surface area contributed by atoms with E-state index in [1.54, 1.807) is 6.20 Å². The number of rotatable bonds is 4. The molecule has 134 valence electrons. The van der Waals surface area contributed by atoms with Gasteiger partial charge in [-0.3, -0.25) is 0 Å².